The zero-order valence-electron chi connectivity index (χ0n) is 15.5. The fourth-order valence-electron chi connectivity index (χ4n) is 3.43. The second-order valence-corrected chi connectivity index (χ2v) is 7.43. The Morgan fingerprint density at radius 1 is 1.13 bits per heavy atom. The summed E-state index contributed by atoms with van der Waals surface area (Å²) in [4.78, 5) is 6.43. The molecule has 2 atom stereocenters. The van der Waals surface area contributed by atoms with Gasteiger partial charge in [0, 0.05) is 23.7 Å². The van der Waals surface area contributed by atoms with E-state index in [0.29, 0.717) is 36.0 Å². The van der Waals surface area contributed by atoms with Crippen LogP contribution in [0.15, 0.2) is 53.1 Å². The average molecular weight is 440 g/mol. The molecular weight excluding hydrogens is 423 g/mol. The third-order valence-electron chi connectivity index (χ3n) is 4.75. The first-order valence-corrected chi connectivity index (χ1v) is 9.51. The fourth-order valence-corrected chi connectivity index (χ4v) is 3.55. The van der Waals surface area contributed by atoms with E-state index in [4.69, 9.17) is 16.1 Å². The summed E-state index contributed by atoms with van der Waals surface area (Å²) in [5, 5.41) is 14.7. The second-order valence-electron chi connectivity index (χ2n) is 6.99. The first kappa shape index (κ1) is 20.6. The van der Waals surface area contributed by atoms with Gasteiger partial charge in [0.1, 0.15) is 5.75 Å². The van der Waals surface area contributed by atoms with Crippen LogP contribution in [0.25, 0.3) is 11.4 Å². The maximum absolute atomic E-state index is 12.3. The quantitative estimate of drug-likeness (QED) is 0.626. The highest BCUT2D eigenvalue weighted by molar-refractivity contribution is 6.30. The van der Waals surface area contributed by atoms with Crippen LogP contribution in [0.1, 0.15) is 23.9 Å². The van der Waals surface area contributed by atoms with Crippen molar-refractivity contribution >= 4 is 11.6 Å². The molecule has 0 spiro atoms. The lowest BCUT2D eigenvalue weighted by atomic mass is 10.1. The van der Waals surface area contributed by atoms with E-state index in [1.807, 2.05) is 17.0 Å². The van der Waals surface area contributed by atoms with Gasteiger partial charge in [-0.2, -0.15) is 4.98 Å². The summed E-state index contributed by atoms with van der Waals surface area (Å²) >= 11 is 5.93. The number of aliphatic hydroxyl groups excluding tert-OH is 1. The van der Waals surface area contributed by atoms with Crippen molar-refractivity contribution in [3.8, 4) is 17.1 Å². The molecule has 1 fully saturated rings. The fraction of sp³-hybridized carbons (Fsp3) is 0.300. The summed E-state index contributed by atoms with van der Waals surface area (Å²) < 4.78 is 46.1. The second kappa shape index (κ2) is 8.25. The van der Waals surface area contributed by atoms with Gasteiger partial charge < -0.3 is 14.4 Å². The number of ether oxygens (including phenoxy) is 1. The number of hydrogen-bond donors (Lipinski definition) is 1. The van der Waals surface area contributed by atoms with Crippen molar-refractivity contribution < 1.29 is 27.5 Å². The number of hydrogen-bond acceptors (Lipinski definition) is 6. The minimum Gasteiger partial charge on any atom is -0.406 e. The van der Waals surface area contributed by atoms with Crippen molar-refractivity contribution in [3.63, 3.8) is 0 Å². The van der Waals surface area contributed by atoms with Crippen LogP contribution in [0.2, 0.25) is 5.02 Å². The summed E-state index contributed by atoms with van der Waals surface area (Å²) in [7, 11) is 0. The van der Waals surface area contributed by atoms with Gasteiger partial charge in [0.2, 0.25) is 11.7 Å². The van der Waals surface area contributed by atoms with Crippen molar-refractivity contribution in [1.82, 2.24) is 15.0 Å². The minimum atomic E-state index is -4.75. The van der Waals surface area contributed by atoms with Crippen molar-refractivity contribution in [1.29, 1.82) is 0 Å². The normalized spacial score (nSPS) is 19.9. The van der Waals surface area contributed by atoms with Crippen LogP contribution >= 0.6 is 11.6 Å². The number of alkyl halides is 3. The number of aromatic nitrogens is 2. The Kier molecular flexibility index (Phi) is 5.68. The minimum absolute atomic E-state index is 0.247. The van der Waals surface area contributed by atoms with Gasteiger partial charge in [0.15, 0.2) is 0 Å². The highest BCUT2D eigenvalue weighted by atomic mass is 35.5. The van der Waals surface area contributed by atoms with Crippen LogP contribution in [-0.2, 0) is 6.54 Å². The van der Waals surface area contributed by atoms with Crippen LogP contribution in [-0.4, -0.2) is 39.2 Å². The van der Waals surface area contributed by atoms with E-state index in [-0.39, 0.29) is 17.6 Å². The molecule has 0 aliphatic carbocycles. The summed E-state index contributed by atoms with van der Waals surface area (Å²) in [6.07, 6.45) is -4.85. The van der Waals surface area contributed by atoms with Crippen LogP contribution in [0.3, 0.4) is 0 Å². The van der Waals surface area contributed by atoms with Crippen LogP contribution < -0.4 is 4.74 Å². The lowest BCUT2D eigenvalue weighted by Crippen LogP contribution is -2.24. The number of nitrogens with zero attached hydrogens (tertiary/aromatic N) is 3. The largest absolute Gasteiger partial charge is 0.573 e. The monoisotopic (exact) mass is 439 g/mol. The number of rotatable bonds is 5. The molecule has 158 valence electrons. The Hall–Kier alpha value is -2.62. The van der Waals surface area contributed by atoms with E-state index >= 15 is 0 Å². The number of aliphatic hydroxyl groups is 1. The van der Waals surface area contributed by atoms with Gasteiger partial charge >= 0.3 is 6.36 Å². The maximum atomic E-state index is 12.3. The lowest BCUT2D eigenvalue weighted by Gasteiger charge is -2.21. The van der Waals surface area contributed by atoms with Crippen molar-refractivity contribution in [3.05, 3.63) is 65.0 Å². The molecule has 4 rings (SSSR count). The Labute approximate surface area is 174 Å². The van der Waals surface area contributed by atoms with Crippen LogP contribution in [0.4, 0.5) is 13.2 Å². The zero-order valence-corrected chi connectivity index (χ0v) is 16.3. The molecule has 6 nitrogen and oxygen atoms in total. The summed E-state index contributed by atoms with van der Waals surface area (Å²) in [5.41, 5.74) is 1.51. The molecule has 2 aromatic carbocycles. The SMILES string of the molecule is O[C@@H]1C[C@@H](c2nc(-c3ccc(OC(F)(F)F)cc3)no2)N(Cc2ccc(Cl)cc2)C1. The Morgan fingerprint density at radius 2 is 1.83 bits per heavy atom. The highest BCUT2D eigenvalue weighted by Gasteiger charge is 2.36. The van der Waals surface area contributed by atoms with Gasteiger partial charge in [-0.05, 0) is 48.4 Å². The third kappa shape index (κ3) is 4.92. The first-order valence-electron chi connectivity index (χ1n) is 9.13. The highest BCUT2D eigenvalue weighted by Crippen LogP contribution is 2.34. The molecule has 1 N–H and O–H groups in total. The lowest BCUT2D eigenvalue weighted by molar-refractivity contribution is -0.274. The summed E-state index contributed by atoms with van der Waals surface area (Å²) in [6, 6.07) is 12.4. The standard InChI is InChI=1S/C20H17ClF3N3O3/c21-14-5-1-12(2-6-14)10-27-11-15(28)9-17(27)19-25-18(26-30-19)13-3-7-16(8-4-13)29-20(22,23)24/h1-8,15,17,28H,9-11H2/t15-,17+/m1/s1. The molecule has 2 heterocycles. The van der Waals surface area contributed by atoms with Gasteiger partial charge in [0.25, 0.3) is 0 Å². The van der Waals surface area contributed by atoms with Crippen LogP contribution in [0, 0.1) is 0 Å². The molecule has 0 bridgehead atoms. The number of benzene rings is 2. The maximum Gasteiger partial charge on any atom is 0.573 e. The van der Waals surface area contributed by atoms with Gasteiger partial charge in [-0.1, -0.05) is 28.9 Å². The number of halogens is 4. The molecule has 1 saturated heterocycles. The van der Waals surface area contributed by atoms with Crippen molar-refractivity contribution in [2.45, 2.75) is 31.5 Å². The van der Waals surface area contributed by atoms with Crippen molar-refractivity contribution in [2.75, 3.05) is 6.54 Å². The molecule has 0 radical (unpaired) electrons. The Bertz CT molecular complexity index is 993. The molecular formula is C20H17ClF3N3O3. The predicted octanol–water partition coefficient (Wildman–Crippen LogP) is 4.60. The Morgan fingerprint density at radius 3 is 2.50 bits per heavy atom. The molecule has 0 unspecified atom stereocenters. The van der Waals surface area contributed by atoms with Crippen molar-refractivity contribution in [2.24, 2.45) is 0 Å². The summed E-state index contributed by atoms with van der Waals surface area (Å²) in [5.74, 6) is 0.255. The van der Waals surface area contributed by atoms with E-state index in [1.54, 1.807) is 12.1 Å². The average Bonchev–Trinajstić information content (AvgIpc) is 3.30. The molecule has 3 aromatic rings. The van der Waals surface area contributed by atoms with E-state index in [9.17, 15) is 18.3 Å². The molecule has 10 heteroatoms. The topological polar surface area (TPSA) is 71.6 Å². The molecule has 0 amide bonds. The molecule has 30 heavy (non-hydrogen) atoms. The smallest absolute Gasteiger partial charge is 0.406 e. The number of likely N-dealkylation sites (tertiary alicyclic amines) is 1. The molecule has 1 aromatic heterocycles. The van der Waals surface area contributed by atoms with Gasteiger partial charge in [-0.15, -0.1) is 13.2 Å². The van der Waals surface area contributed by atoms with E-state index < -0.39 is 12.5 Å². The molecule has 1 aliphatic heterocycles. The van der Waals surface area contributed by atoms with E-state index in [0.717, 1.165) is 5.56 Å². The number of β-amino-alcohol motifs (C(OH)–C–C–N with tert-alkyl or cyclic N) is 1. The van der Waals surface area contributed by atoms with Crippen LogP contribution in [0.5, 0.6) is 5.75 Å². The van der Waals surface area contributed by atoms with Gasteiger partial charge in [-0.25, -0.2) is 0 Å². The zero-order chi connectivity index (χ0) is 21.3. The van der Waals surface area contributed by atoms with E-state index in [2.05, 4.69) is 14.9 Å². The first-order chi connectivity index (χ1) is 14.3. The Balaban J connectivity index is 1.49. The molecule has 1 aliphatic rings. The third-order valence-corrected chi connectivity index (χ3v) is 5.01. The predicted molar refractivity (Wildman–Crippen MR) is 102 cm³/mol. The van der Waals surface area contributed by atoms with Gasteiger partial charge in [0.05, 0.1) is 12.1 Å². The summed E-state index contributed by atoms with van der Waals surface area (Å²) in [6.45, 7) is 1.02. The molecule has 0 saturated carbocycles. The van der Waals surface area contributed by atoms with E-state index in [1.165, 1.54) is 24.3 Å². The van der Waals surface area contributed by atoms with Gasteiger partial charge in [-0.3, -0.25) is 4.90 Å².